The van der Waals surface area contributed by atoms with Crippen LogP contribution in [0.4, 0.5) is 5.69 Å². The van der Waals surface area contributed by atoms with Gasteiger partial charge >= 0.3 is 0 Å². The number of fused-ring (bicyclic) bond motifs is 1. The van der Waals surface area contributed by atoms with Crippen molar-refractivity contribution in [2.45, 2.75) is 25.5 Å². The molecule has 1 aliphatic heterocycles. The first-order chi connectivity index (χ1) is 9.13. The van der Waals surface area contributed by atoms with Gasteiger partial charge in [-0.2, -0.15) is 0 Å². The predicted molar refractivity (Wildman–Crippen MR) is 74.1 cm³/mol. The molecule has 1 unspecified atom stereocenters. The molecule has 19 heavy (non-hydrogen) atoms. The van der Waals surface area contributed by atoms with E-state index in [0.29, 0.717) is 6.61 Å². The van der Waals surface area contributed by atoms with Crippen LogP contribution >= 0.6 is 0 Å². The van der Waals surface area contributed by atoms with Crippen LogP contribution in [0.25, 0.3) is 11.0 Å². The maximum atomic E-state index is 5.81. The fraction of sp³-hybridized carbons (Fsp3) is 0.500. The van der Waals surface area contributed by atoms with Gasteiger partial charge in [-0.1, -0.05) is 0 Å². The third-order valence-corrected chi connectivity index (χ3v) is 3.91. The Morgan fingerprint density at radius 2 is 2.37 bits per heavy atom. The number of hydrogen-bond acceptors (Lipinski definition) is 4. The number of nitrogens with two attached hydrogens (primary N) is 1. The van der Waals surface area contributed by atoms with Gasteiger partial charge in [0.05, 0.1) is 24.2 Å². The van der Waals surface area contributed by atoms with E-state index >= 15 is 0 Å². The van der Waals surface area contributed by atoms with Crippen molar-refractivity contribution in [3.05, 3.63) is 24.0 Å². The van der Waals surface area contributed by atoms with Crippen molar-refractivity contribution < 1.29 is 9.47 Å². The molecule has 0 aliphatic carbocycles. The van der Waals surface area contributed by atoms with Gasteiger partial charge in [0.1, 0.15) is 11.4 Å². The zero-order valence-corrected chi connectivity index (χ0v) is 11.3. The molecule has 0 bridgehead atoms. The minimum Gasteiger partial charge on any atom is -0.399 e. The number of benzene rings is 1. The highest BCUT2D eigenvalue weighted by molar-refractivity contribution is 5.79. The lowest BCUT2D eigenvalue weighted by molar-refractivity contribution is -0.0291. The van der Waals surface area contributed by atoms with Gasteiger partial charge < -0.3 is 19.8 Å². The van der Waals surface area contributed by atoms with Gasteiger partial charge in [-0.25, -0.2) is 4.98 Å². The third-order valence-electron chi connectivity index (χ3n) is 3.91. The second-order valence-electron chi connectivity index (χ2n) is 5.18. The summed E-state index contributed by atoms with van der Waals surface area (Å²) < 4.78 is 13.4. The number of nitrogen functional groups attached to an aromatic ring is 1. The standard InChI is InChI=1S/C14H19N3O2/c1-10-16-12-7-11(15)3-4-13(12)17(10)8-14(18-2)5-6-19-9-14/h3-4,7H,5-6,8-9,15H2,1-2H3. The summed E-state index contributed by atoms with van der Waals surface area (Å²) in [4.78, 5) is 4.57. The first-order valence-electron chi connectivity index (χ1n) is 6.49. The van der Waals surface area contributed by atoms with E-state index in [9.17, 15) is 0 Å². The zero-order valence-electron chi connectivity index (χ0n) is 11.3. The molecule has 0 radical (unpaired) electrons. The van der Waals surface area contributed by atoms with Crippen LogP contribution in [0.1, 0.15) is 12.2 Å². The molecular formula is C14H19N3O2. The molecule has 2 N–H and O–H groups in total. The lowest BCUT2D eigenvalue weighted by atomic mass is 10.0. The molecule has 2 heterocycles. The van der Waals surface area contributed by atoms with Crippen LogP contribution in [0.2, 0.25) is 0 Å². The van der Waals surface area contributed by atoms with Crippen LogP contribution in [0.3, 0.4) is 0 Å². The van der Waals surface area contributed by atoms with Crippen LogP contribution in [-0.2, 0) is 16.0 Å². The Labute approximate surface area is 112 Å². The maximum Gasteiger partial charge on any atom is 0.111 e. The van der Waals surface area contributed by atoms with Crippen LogP contribution < -0.4 is 5.73 Å². The molecule has 1 aromatic heterocycles. The molecule has 3 rings (SSSR count). The van der Waals surface area contributed by atoms with Crippen molar-refractivity contribution >= 4 is 16.7 Å². The number of hydrogen-bond donors (Lipinski definition) is 1. The summed E-state index contributed by atoms with van der Waals surface area (Å²) in [7, 11) is 1.75. The maximum absolute atomic E-state index is 5.81. The Balaban J connectivity index is 2.02. The Hall–Kier alpha value is -1.59. The van der Waals surface area contributed by atoms with Crippen molar-refractivity contribution in [1.29, 1.82) is 0 Å². The van der Waals surface area contributed by atoms with Crippen molar-refractivity contribution in [3.8, 4) is 0 Å². The number of methoxy groups -OCH3 is 1. The Morgan fingerprint density at radius 1 is 1.53 bits per heavy atom. The summed E-state index contributed by atoms with van der Waals surface area (Å²) in [5, 5.41) is 0. The highest BCUT2D eigenvalue weighted by Crippen LogP contribution is 2.28. The average Bonchev–Trinajstić information content (AvgIpc) is 2.96. The summed E-state index contributed by atoms with van der Waals surface area (Å²) in [5.74, 6) is 0.976. The van der Waals surface area contributed by atoms with E-state index in [1.54, 1.807) is 7.11 Å². The molecular weight excluding hydrogens is 242 g/mol. The second-order valence-corrected chi connectivity index (χ2v) is 5.18. The number of aryl methyl sites for hydroxylation is 1. The quantitative estimate of drug-likeness (QED) is 0.855. The van der Waals surface area contributed by atoms with Crippen molar-refractivity contribution in [1.82, 2.24) is 9.55 Å². The summed E-state index contributed by atoms with van der Waals surface area (Å²) in [6, 6.07) is 5.83. The smallest absolute Gasteiger partial charge is 0.111 e. The first kappa shape index (κ1) is 12.4. The van der Waals surface area contributed by atoms with Gasteiger partial charge in [-0.15, -0.1) is 0 Å². The van der Waals surface area contributed by atoms with Gasteiger partial charge in [0.2, 0.25) is 0 Å². The molecule has 1 atom stereocenters. The van der Waals surface area contributed by atoms with E-state index in [1.165, 1.54) is 0 Å². The molecule has 5 nitrogen and oxygen atoms in total. The fourth-order valence-corrected chi connectivity index (χ4v) is 2.69. The van der Waals surface area contributed by atoms with Crippen molar-refractivity contribution in [2.75, 3.05) is 26.1 Å². The first-order valence-corrected chi connectivity index (χ1v) is 6.49. The lowest BCUT2D eigenvalue weighted by Crippen LogP contribution is -2.37. The van der Waals surface area contributed by atoms with Gasteiger partial charge in [0.25, 0.3) is 0 Å². The van der Waals surface area contributed by atoms with E-state index in [2.05, 4.69) is 9.55 Å². The minimum atomic E-state index is -0.236. The van der Waals surface area contributed by atoms with E-state index in [0.717, 1.165) is 42.1 Å². The van der Waals surface area contributed by atoms with Crippen LogP contribution in [0, 0.1) is 6.92 Å². The highest BCUT2D eigenvalue weighted by atomic mass is 16.5. The molecule has 5 heteroatoms. The Kier molecular flexibility index (Phi) is 2.95. The fourth-order valence-electron chi connectivity index (χ4n) is 2.69. The van der Waals surface area contributed by atoms with Crippen molar-refractivity contribution in [2.24, 2.45) is 0 Å². The molecule has 102 valence electrons. The molecule has 0 amide bonds. The molecule has 1 aromatic carbocycles. The van der Waals surface area contributed by atoms with Gasteiger partial charge in [0, 0.05) is 25.8 Å². The van der Waals surface area contributed by atoms with Crippen LogP contribution in [-0.4, -0.2) is 35.5 Å². The monoisotopic (exact) mass is 261 g/mol. The number of aromatic nitrogens is 2. The summed E-state index contributed by atoms with van der Waals surface area (Å²) in [6.45, 7) is 4.16. The number of ether oxygens (including phenoxy) is 2. The SMILES string of the molecule is COC1(Cn2c(C)nc3cc(N)ccc32)CCOC1. The Bertz CT molecular complexity index is 600. The summed E-state index contributed by atoms with van der Waals surface area (Å²) in [6.07, 6.45) is 0.914. The molecule has 0 spiro atoms. The molecule has 2 aromatic rings. The normalized spacial score (nSPS) is 23.3. The zero-order chi connectivity index (χ0) is 13.5. The molecule has 0 saturated carbocycles. The molecule has 1 saturated heterocycles. The minimum absolute atomic E-state index is 0.236. The number of nitrogens with zero attached hydrogens (tertiary/aromatic N) is 2. The number of rotatable bonds is 3. The van der Waals surface area contributed by atoms with Gasteiger partial charge in [-0.05, 0) is 25.1 Å². The van der Waals surface area contributed by atoms with Gasteiger partial charge in [0.15, 0.2) is 0 Å². The Morgan fingerprint density at radius 3 is 3.05 bits per heavy atom. The number of imidazole rings is 1. The lowest BCUT2D eigenvalue weighted by Gasteiger charge is -2.27. The average molecular weight is 261 g/mol. The van der Waals surface area contributed by atoms with Crippen LogP contribution in [0.5, 0.6) is 0 Å². The highest BCUT2D eigenvalue weighted by Gasteiger charge is 2.36. The topological polar surface area (TPSA) is 62.3 Å². The third kappa shape index (κ3) is 2.09. The molecule has 1 fully saturated rings. The second kappa shape index (κ2) is 4.51. The van der Waals surface area contributed by atoms with E-state index in [-0.39, 0.29) is 5.60 Å². The van der Waals surface area contributed by atoms with Crippen LogP contribution in [0.15, 0.2) is 18.2 Å². The van der Waals surface area contributed by atoms with E-state index in [1.807, 2.05) is 25.1 Å². The van der Waals surface area contributed by atoms with E-state index < -0.39 is 0 Å². The van der Waals surface area contributed by atoms with E-state index in [4.69, 9.17) is 15.2 Å². The van der Waals surface area contributed by atoms with Crippen molar-refractivity contribution in [3.63, 3.8) is 0 Å². The predicted octanol–water partition coefficient (Wildman–Crippen LogP) is 1.73. The number of anilines is 1. The summed E-state index contributed by atoms with van der Waals surface area (Å²) >= 11 is 0. The van der Waals surface area contributed by atoms with Gasteiger partial charge in [-0.3, -0.25) is 0 Å². The molecule has 1 aliphatic rings. The summed E-state index contributed by atoms with van der Waals surface area (Å²) in [5.41, 5.74) is 8.33. The largest absolute Gasteiger partial charge is 0.399 e.